The number of benzene rings is 1. The number of anilines is 1. The predicted molar refractivity (Wildman–Crippen MR) is 80.5 cm³/mol. The largest absolute Gasteiger partial charge is 0.462 e. The SMILES string of the molecule is CCOC(=O)c1cccnc1Oc1ccc(CC)cc1N. The van der Waals surface area contributed by atoms with Crippen molar-refractivity contribution in [1.82, 2.24) is 4.98 Å². The van der Waals surface area contributed by atoms with Gasteiger partial charge in [0.2, 0.25) is 5.88 Å². The third kappa shape index (κ3) is 3.51. The second-order valence-corrected chi connectivity index (χ2v) is 4.40. The van der Waals surface area contributed by atoms with Crippen molar-refractivity contribution < 1.29 is 14.3 Å². The molecule has 0 aliphatic carbocycles. The van der Waals surface area contributed by atoms with Gasteiger partial charge in [-0.05, 0) is 43.2 Å². The van der Waals surface area contributed by atoms with Crippen molar-refractivity contribution in [3.8, 4) is 11.6 Å². The Morgan fingerprint density at radius 1 is 1.29 bits per heavy atom. The molecule has 0 unspecified atom stereocenters. The van der Waals surface area contributed by atoms with E-state index in [1.54, 1.807) is 31.3 Å². The highest BCUT2D eigenvalue weighted by Gasteiger charge is 2.16. The van der Waals surface area contributed by atoms with Crippen molar-refractivity contribution >= 4 is 11.7 Å². The summed E-state index contributed by atoms with van der Waals surface area (Å²) in [7, 11) is 0. The monoisotopic (exact) mass is 286 g/mol. The first-order valence-corrected chi connectivity index (χ1v) is 6.84. The maximum Gasteiger partial charge on any atom is 0.343 e. The number of hydrogen-bond donors (Lipinski definition) is 1. The molecule has 1 aromatic heterocycles. The van der Waals surface area contributed by atoms with Crippen LogP contribution in [0.1, 0.15) is 29.8 Å². The number of aromatic nitrogens is 1. The molecular formula is C16H18N2O3. The van der Waals surface area contributed by atoms with Crippen LogP contribution in [0.5, 0.6) is 11.6 Å². The molecule has 2 N–H and O–H groups in total. The number of hydrogen-bond acceptors (Lipinski definition) is 5. The first-order chi connectivity index (χ1) is 10.2. The Kier molecular flexibility index (Phi) is 4.77. The van der Waals surface area contributed by atoms with Gasteiger partial charge in [-0.3, -0.25) is 0 Å². The Bertz CT molecular complexity index is 641. The summed E-state index contributed by atoms with van der Waals surface area (Å²) in [6.07, 6.45) is 2.44. The second-order valence-electron chi connectivity index (χ2n) is 4.40. The number of pyridine rings is 1. The minimum Gasteiger partial charge on any atom is -0.462 e. The number of carbonyl (C=O) groups is 1. The van der Waals surface area contributed by atoms with Crippen LogP contribution in [0.4, 0.5) is 5.69 Å². The fourth-order valence-corrected chi connectivity index (χ4v) is 1.85. The molecule has 2 aromatic rings. The number of nitrogen functional groups attached to an aromatic ring is 1. The van der Waals surface area contributed by atoms with Crippen molar-refractivity contribution in [3.05, 3.63) is 47.7 Å². The summed E-state index contributed by atoms with van der Waals surface area (Å²) in [5, 5.41) is 0. The first-order valence-electron chi connectivity index (χ1n) is 6.84. The summed E-state index contributed by atoms with van der Waals surface area (Å²) < 4.78 is 10.7. The Labute approximate surface area is 123 Å². The lowest BCUT2D eigenvalue weighted by Crippen LogP contribution is -2.07. The zero-order valence-electron chi connectivity index (χ0n) is 12.1. The quantitative estimate of drug-likeness (QED) is 0.675. The molecule has 0 spiro atoms. The highest BCUT2D eigenvalue weighted by Crippen LogP contribution is 2.29. The average molecular weight is 286 g/mol. The third-order valence-corrected chi connectivity index (χ3v) is 2.96. The molecule has 0 bridgehead atoms. The molecule has 0 radical (unpaired) electrons. The van der Waals surface area contributed by atoms with E-state index >= 15 is 0 Å². The minimum absolute atomic E-state index is 0.187. The maximum absolute atomic E-state index is 11.9. The molecular weight excluding hydrogens is 268 g/mol. The van der Waals surface area contributed by atoms with Gasteiger partial charge in [0.05, 0.1) is 12.3 Å². The molecule has 0 fully saturated rings. The Morgan fingerprint density at radius 3 is 2.76 bits per heavy atom. The number of carbonyl (C=O) groups excluding carboxylic acids is 1. The van der Waals surface area contributed by atoms with Crippen LogP contribution in [0.25, 0.3) is 0 Å². The van der Waals surface area contributed by atoms with Gasteiger partial charge in [0.1, 0.15) is 5.56 Å². The number of nitrogens with zero attached hydrogens (tertiary/aromatic N) is 1. The standard InChI is InChI=1S/C16H18N2O3/c1-3-11-7-8-14(13(17)10-11)21-15-12(6-5-9-18-15)16(19)20-4-2/h5-10H,3-4,17H2,1-2H3. The topological polar surface area (TPSA) is 74.4 Å². The van der Waals surface area contributed by atoms with E-state index in [9.17, 15) is 4.79 Å². The zero-order chi connectivity index (χ0) is 15.2. The van der Waals surface area contributed by atoms with Gasteiger partial charge < -0.3 is 15.2 Å². The van der Waals surface area contributed by atoms with Crippen LogP contribution in [-0.2, 0) is 11.2 Å². The Morgan fingerprint density at radius 2 is 2.10 bits per heavy atom. The van der Waals surface area contributed by atoms with E-state index in [0.717, 1.165) is 12.0 Å². The van der Waals surface area contributed by atoms with E-state index in [1.165, 1.54) is 0 Å². The average Bonchev–Trinajstić information content (AvgIpc) is 2.50. The van der Waals surface area contributed by atoms with Gasteiger partial charge in [0.25, 0.3) is 0 Å². The van der Waals surface area contributed by atoms with Crippen molar-refractivity contribution in [1.29, 1.82) is 0 Å². The summed E-state index contributed by atoms with van der Waals surface area (Å²) in [6.45, 7) is 4.09. The first kappa shape index (κ1) is 14.8. The molecule has 1 aromatic carbocycles. The molecule has 21 heavy (non-hydrogen) atoms. The molecule has 2 rings (SSSR count). The predicted octanol–water partition coefficient (Wildman–Crippen LogP) is 3.20. The fourth-order valence-electron chi connectivity index (χ4n) is 1.85. The molecule has 0 saturated heterocycles. The van der Waals surface area contributed by atoms with Crippen LogP contribution >= 0.6 is 0 Å². The van der Waals surface area contributed by atoms with Crippen LogP contribution in [0.2, 0.25) is 0 Å². The maximum atomic E-state index is 11.9. The van der Waals surface area contributed by atoms with E-state index in [2.05, 4.69) is 4.98 Å². The van der Waals surface area contributed by atoms with E-state index in [-0.39, 0.29) is 11.4 Å². The van der Waals surface area contributed by atoms with Gasteiger partial charge in [-0.2, -0.15) is 0 Å². The summed E-state index contributed by atoms with van der Waals surface area (Å²) >= 11 is 0. The summed E-state index contributed by atoms with van der Waals surface area (Å²) in [5.74, 6) is 0.188. The molecule has 110 valence electrons. The normalized spacial score (nSPS) is 10.2. The van der Waals surface area contributed by atoms with Crippen molar-refractivity contribution in [2.24, 2.45) is 0 Å². The minimum atomic E-state index is -0.468. The third-order valence-electron chi connectivity index (χ3n) is 2.96. The fraction of sp³-hybridized carbons (Fsp3) is 0.250. The van der Waals surface area contributed by atoms with Crippen molar-refractivity contribution in [2.45, 2.75) is 20.3 Å². The highest BCUT2D eigenvalue weighted by atomic mass is 16.5. The molecule has 5 heteroatoms. The number of rotatable bonds is 5. The summed E-state index contributed by atoms with van der Waals surface area (Å²) in [5.41, 5.74) is 7.86. The van der Waals surface area contributed by atoms with Gasteiger partial charge in [0.15, 0.2) is 5.75 Å². The molecule has 5 nitrogen and oxygen atoms in total. The summed E-state index contributed by atoms with van der Waals surface area (Å²) in [6, 6.07) is 8.82. The Hall–Kier alpha value is -2.56. The second kappa shape index (κ2) is 6.74. The van der Waals surface area contributed by atoms with Crippen LogP contribution in [0.15, 0.2) is 36.5 Å². The van der Waals surface area contributed by atoms with E-state index in [0.29, 0.717) is 18.0 Å². The molecule has 1 heterocycles. The van der Waals surface area contributed by atoms with Crippen LogP contribution in [0, 0.1) is 0 Å². The smallest absolute Gasteiger partial charge is 0.343 e. The van der Waals surface area contributed by atoms with E-state index in [1.807, 2.05) is 19.1 Å². The van der Waals surface area contributed by atoms with E-state index < -0.39 is 5.97 Å². The zero-order valence-corrected chi connectivity index (χ0v) is 12.1. The van der Waals surface area contributed by atoms with Crippen molar-refractivity contribution in [2.75, 3.05) is 12.3 Å². The molecule has 0 amide bonds. The number of esters is 1. The molecule has 0 saturated carbocycles. The number of ether oxygens (including phenoxy) is 2. The number of aryl methyl sites for hydroxylation is 1. The number of nitrogens with two attached hydrogens (primary N) is 1. The summed E-state index contributed by atoms with van der Waals surface area (Å²) in [4.78, 5) is 15.9. The van der Waals surface area contributed by atoms with Gasteiger partial charge >= 0.3 is 5.97 Å². The lowest BCUT2D eigenvalue weighted by Gasteiger charge is -2.11. The van der Waals surface area contributed by atoms with Gasteiger partial charge in [-0.15, -0.1) is 0 Å². The van der Waals surface area contributed by atoms with Gasteiger partial charge in [-0.1, -0.05) is 13.0 Å². The van der Waals surface area contributed by atoms with Crippen LogP contribution in [-0.4, -0.2) is 17.6 Å². The molecule has 0 aliphatic heterocycles. The van der Waals surface area contributed by atoms with E-state index in [4.69, 9.17) is 15.2 Å². The lowest BCUT2D eigenvalue weighted by atomic mass is 10.1. The van der Waals surface area contributed by atoms with Gasteiger partial charge in [0, 0.05) is 6.20 Å². The molecule has 0 aliphatic rings. The lowest BCUT2D eigenvalue weighted by molar-refractivity contribution is 0.0522. The molecule has 0 atom stereocenters. The highest BCUT2D eigenvalue weighted by molar-refractivity contribution is 5.91. The van der Waals surface area contributed by atoms with Crippen molar-refractivity contribution in [3.63, 3.8) is 0 Å². The Balaban J connectivity index is 2.29. The van der Waals surface area contributed by atoms with Gasteiger partial charge in [-0.25, -0.2) is 9.78 Å². The van der Waals surface area contributed by atoms with Crippen LogP contribution < -0.4 is 10.5 Å². The van der Waals surface area contributed by atoms with Crippen LogP contribution in [0.3, 0.4) is 0 Å².